The summed E-state index contributed by atoms with van der Waals surface area (Å²) in [4.78, 5) is 24.2. The van der Waals surface area contributed by atoms with Gasteiger partial charge in [0, 0.05) is 17.5 Å². The summed E-state index contributed by atoms with van der Waals surface area (Å²) in [5, 5.41) is 11.4. The highest BCUT2D eigenvalue weighted by molar-refractivity contribution is 5.98. The van der Waals surface area contributed by atoms with E-state index in [0.29, 0.717) is 17.0 Å². The molecule has 1 aliphatic rings. The topological polar surface area (TPSA) is 108 Å². The summed E-state index contributed by atoms with van der Waals surface area (Å²) in [5.41, 5.74) is 7.20. The molecule has 0 spiro atoms. The highest BCUT2D eigenvalue weighted by atomic mass is 16.2. The first-order valence-corrected chi connectivity index (χ1v) is 7.71. The van der Waals surface area contributed by atoms with E-state index in [1.54, 1.807) is 18.5 Å². The van der Waals surface area contributed by atoms with Gasteiger partial charge in [0.25, 0.3) is 5.91 Å². The fourth-order valence-electron chi connectivity index (χ4n) is 2.65. The van der Waals surface area contributed by atoms with Gasteiger partial charge in [0.1, 0.15) is 6.54 Å². The monoisotopic (exact) mass is 324 g/mol. The van der Waals surface area contributed by atoms with Crippen molar-refractivity contribution in [2.45, 2.75) is 19.4 Å². The van der Waals surface area contributed by atoms with Crippen molar-refractivity contribution in [2.24, 2.45) is 5.92 Å². The molecular weight excluding hydrogens is 308 g/mol. The fraction of sp³-hybridized carbons (Fsp3) is 0.250. The van der Waals surface area contributed by atoms with Crippen LogP contribution < -0.4 is 11.1 Å². The Labute approximate surface area is 137 Å². The van der Waals surface area contributed by atoms with Gasteiger partial charge in [-0.25, -0.2) is 4.68 Å². The van der Waals surface area contributed by atoms with Crippen LogP contribution in [0.3, 0.4) is 0 Å². The van der Waals surface area contributed by atoms with Crippen molar-refractivity contribution >= 4 is 34.2 Å². The predicted octanol–water partition coefficient (Wildman–Crippen LogP) is 1.50. The minimum Gasteiger partial charge on any atom is -0.397 e. The summed E-state index contributed by atoms with van der Waals surface area (Å²) in [6, 6.07) is 7.34. The Kier molecular flexibility index (Phi) is 3.30. The number of nitrogens with two attached hydrogens (primary N) is 1. The molecule has 1 fully saturated rings. The summed E-state index contributed by atoms with van der Waals surface area (Å²) >= 11 is 0. The van der Waals surface area contributed by atoms with Crippen molar-refractivity contribution in [1.29, 1.82) is 0 Å². The van der Waals surface area contributed by atoms with Crippen molar-refractivity contribution in [3.63, 3.8) is 0 Å². The lowest BCUT2D eigenvalue weighted by Crippen LogP contribution is -2.18. The minimum absolute atomic E-state index is 0.00438. The minimum atomic E-state index is -0.187. The van der Waals surface area contributed by atoms with Gasteiger partial charge in [0.2, 0.25) is 5.91 Å². The smallest absolute Gasteiger partial charge is 0.252 e. The second kappa shape index (κ2) is 5.48. The number of hydrogen-bond acceptors (Lipinski definition) is 5. The number of para-hydroxylation sites is 1. The van der Waals surface area contributed by atoms with Crippen LogP contribution in [0.4, 0.5) is 11.5 Å². The van der Waals surface area contributed by atoms with Crippen molar-refractivity contribution in [1.82, 2.24) is 19.6 Å². The molecule has 3 N–H and O–H groups in total. The third-order valence-corrected chi connectivity index (χ3v) is 4.05. The molecular formula is C16H16N6O2. The number of aromatic nitrogens is 4. The molecule has 2 heterocycles. The molecule has 122 valence electrons. The number of nitrogens with one attached hydrogen (secondary N) is 1. The third kappa shape index (κ3) is 2.62. The van der Waals surface area contributed by atoms with E-state index in [1.807, 2.05) is 18.2 Å². The van der Waals surface area contributed by atoms with Crippen LogP contribution in [-0.2, 0) is 11.3 Å². The summed E-state index contributed by atoms with van der Waals surface area (Å²) in [7, 11) is 0. The predicted molar refractivity (Wildman–Crippen MR) is 88.4 cm³/mol. The first-order chi connectivity index (χ1) is 11.6. The van der Waals surface area contributed by atoms with E-state index in [-0.39, 0.29) is 24.3 Å². The van der Waals surface area contributed by atoms with Gasteiger partial charge >= 0.3 is 0 Å². The van der Waals surface area contributed by atoms with Crippen LogP contribution in [0.5, 0.6) is 0 Å². The van der Waals surface area contributed by atoms with Crippen LogP contribution in [-0.4, -0.2) is 31.4 Å². The molecule has 8 nitrogen and oxygen atoms in total. The molecule has 2 aromatic heterocycles. The van der Waals surface area contributed by atoms with Crippen molar-refractivity contribution in [3.05, 3.63) is 36.7 Å². The lowest BCUT2D eigenvalue weighted by molar-refractivity contribution is -0.117. The van der Waals surface area contributed by atoms with Crippen LogP contribution >= 0.6 is 0 Å². The van der Waals surface area contributed by atoms with Crippen LogP contribution in [0.2, 0.25) is 0 Å². The molecule has 0 radical (unpaired) electrons. The third-order valence-electron chi connectivity index (χ3n) is 4.05. The highest BCUT2D eigenvalue weighted by Crippen LogP contribution is 2.29. The zero-order chi connectivity index (χ0) is 16.7. The number of nitrogen functional groups attached to an aromatic ring is 1. The van der Waals surface area contributed by atoms with Crippen molar-refractivity contribution in [2.75, 3.05) is 11.1 Å². The molecule has 0 unspecified atom stereocenters. The second-order valence-corrected chi connectivity index (χ2v) is 5.93. The van der Waals surface area contributed by atoms with Gasteiger partial charge in [0.15, 0.2) is 5.82 Å². The Morgan fingerprint density at radius 3 is 2.92 bits per heavy atom. The summed E-state index contributed by atoms with van der Waals surface area (Å²) < 4.78 is 2.91. The zero-order valence-electron chi connectivity index (χ0n) is 12.8. The first kappa shape index (κ1) is 14.4. The summed E-state index contributed by atoms with van der Waals surface area (Å²) in [6.45, 7) is 0.00438. The largest absolute Gasteiger partial charge is 0.397 e. The molecule has 0 atom stereocenters. The molecule has 24 heavy (non-hydrogen) atoms. The van der Waals surface area contributed by atoms with Crippen molar-refractivity contribution < 1.29 is 9.59 Å². The van der Waals surface area contributed by atoms with E-state index in [0.717, 1.165) is 18.2 Å². The van der Waals surface area contributed by atoms with Crippen LogP contribution in [0.1, 0.15) is 17.6 Å². The Bertz CT molecular complexity index is 937. The van der Waals surface area contributed by atoms with E-state index >= 15 is 0 Å². The molecule has 8 heteroatoms. The standard InChI is InChI=1S/C16H16N6O2/c17-12-3-1-2-10-6-7-22(15(10)12)14(23)9-21-8-13(19-20-21)18-16(24)11-4-5-11/h1-3,6-8,11H,4-5,9,17H2,(H,18,24). The highest BCUT2D eigenvalue weighted by Gasteiger charge is 2.30. The van der Waals surface area contributed by atoms with Gasteiger partial charge < -0.3 is 11.1 Å². The van der Waals surface area contributed by atoms with E-state index < -0.39 is 0 Å². The maximum atomic E-state index is 12.5. The summed E-state index contributed by atoms with van der Waals surface area (Å²) in [5.74, 6) is 0.216. The molecule has 4 rings (SSSR count). The maximum Gasteiger partial charge on any atom is 0.252 e. The number of nitrogens with zero attached hydrogens (tertiary/aromatic N) is 4. The van der Waals surface area contributed by atoms with Gasteiger partial charge in [-0.05, 0) is 25.0 Å². The second-order valence-electron chi connectivity index (χ2n) is 5.93. The van der Waals surface area contributed by atoms with E-state index in [9.17, 15) is 9.59 Å². The van der Waals surface area contributed by atoms with E-state index in [1.165, 1.54) is 9.25 Å². The average molecular weight is 324 g/mol. The fourth-order valence-corrected chi connectivity index (χ4v) is 2.65. The number of amides is 1. The molecule has 1 amide bonds. The van der Waals surface area contributed by atoms with E-state index in [2.05, 4.69) is 15.6 Å². The zero-order valence-corrected chi connectivity index (χ0v) is 12.8. The molecule has 0 aliphatic heterocycles. The maximum absolute atomic E-state index is 12.5. The molecule has 0 bridgehead atoms. The van der Waals surface area contributed by atoms with Gasteiger partial charge in [-0.3, -0.25) is 14.2 Å². The van der Waals surface area contributed by atoms with Gasteiger partial charge in [-0.15, -0.1) is 5.10 Å². The number of rotatable bonds is 4. The lowest BCUT2D eigenvalue weighted by Gasteiger charge is -2.06. The Balaban J connectivity index is 1.51. The molecule has 3 aromatic rings. The number of benzene rings is 1. The number of carbonyl (C=O) groups excluding carboxylic acids is 2. The molecule has 1 aliphatic carbocycles. The van der Waals surface area contributed by atoms with Gasteiger partial charge in [0.05, 0.1) is 17.4 Å². The molecule has 0 saturated heterocycles. The Morgan fingerprint density at radius 2 is 2.12 bits per heavy atom. The van der Waals surface area contributed by atoms with Gasteiger partial charge in [-0.1, -0.05) is 17.3 Å². The van der Waals surface area contributed by atoms with Crippen LogP contribution in [0.25, 0.3) is 10.9 Å². The summed E-state index contributed by atoms with van der Waals surface area (Å²) in [6.07, 6.45) is 5.07. The van der Waals surface area contributed by atoms with E-state index in [4.69, 9.17) is 5.73 Å². The van der Waals surface area contributed by atoms with Crippen molar-refractivity contribution in [3.8, 4) is 0 Å². The van der Waals surface area contributed by atoms with Crippen LogP contribution in [0.15, 0.2) is 36.7 Å². The SMILES string of the molecule is Nc1cccc2ccn(C(=O)Cn3cc(NC(=O)C4CC4)nn3)c12. The first-order valence-electron chi connectivity index (χ1n) is 7.71. The Hall–Kier alpha value is -3.16. The molecule has 1 aromatic carbocycles. The average Bonchev–Trinajstić information content (AvgIpc) is 3.18. The quantitative estimate of drug-likeness (QED) is 0.707. The number of anilines is 2. The normalized spacial score (nSPS) is 14.0. The Morgan fingerprint density at radius 1 is 1.29 bits per heavy atom. The number of carbonyl (C=O) groups is 2. The number of fused-ring (bicyclic) bond motifs is 1. The lowest BCUT2D eigenvalue weighted by atomic mass is 10.2. The number of hydrogen-bond donors (Lipinski definition) is 2. The molecule has 1 saturated carbocycles. The van der Waals surface area contributed by atoms with Crippen LogP contribution in [0, 0.1) is 5.92 Å². The van der Waals surface area contributed by atoms with Gasteiger partial charge in [-0.2, -0.15) is 0 Å².